The number of amides is 2. The summed E-state index contributed by atoms with van der Waals surface area (Å²) < 4.78 is 34.4. The van der Waals surface area contributed by atoms with Gasteiger partial charge in [-0.2, -0.15) is 9.82 Å². The Hall–Kier alpha value is -3.71. The Kier molecular flexibility index (Phi) is 10.2. The molecular weight excluding hydrogens is 548 g/mol. The number of carbonyl (C=O) groups is 3. The van der Waals surface area contributed by atoms with Crippen LogP contribution in [0.4, 0.5) is 0 Å². The van der Waals surface area contributed by atoms with Gasteiger partial charge < -0.3 is 25.7 Å². The third kappa shape index (κ3) is 8.40. The maximum absolute atomic E-state index is 13.7. The Morgan fingerprint density at radius 1 is 1.17 bits per heavy atom. The molecule has 0 bridgehead atoms. The van der Waals surface area contributed by atoms with Crippen LogP contribution in [-0.4, -0.2) is 87.2 Å². The minimum atomic E-state index is -4.19. The largest absolute Gasteiger partial charge is 0.465 e. The highest BCUT2D eigenvalue weighted by atomic mass is 32.2. The number of nitrogens with zero attached hydrogens (tertiary/aromatic N) is 3. The van der Waals surface area contributed by atoms with E-state index in [1.165, 1.54) is 17.0 Å². The normalized spacial score (nSPS) is 18.3. The number of hydrazone groups is 1. The molecule has 2 aromatic carbocycles. The van der Waals surface area contributed by atoms with Crippen molar-refractivity contribution < 1.29 is 27.5 Å². The number of rotatable bonds is 13. The monoisotopic (exact) mass is 586 g/mol. The molecule has 0 radical (unpaired) electrons. The van der Waals surface area contributed by atoms with Crippen molar-refractivity contribution in [3.8, 4) is 0 Å². The summed E-state index contributed by atoms with van der Waals surface area (Å²) in [7, 11) is -4.19. The third-order valence-electron chi connectivity index (χ3n) is 7.26. The summed E-state index contributed by atoms with van der Waals surface area (Å²) in [6.45, 7) is 3.37. The number of hydrogen-bond acceptors (Lipinski definition) is 8. The predicted molar refractivity (Wildman–Crippen MR) is 154 cm³/mol. The molecule has 13 heteroatoms. The van der Waals surface area contributed by atoms with Crippen molar-refractivity contribution in [3.63, 3.8) is 0 Å². The van der Waals surface area contributed by atoms with Gasteiger partial charge in [-0.15, -0.1) is 0 Å². The topological polar surface area (TPSA) is 163 Å². The molecule has 1 aliphatic heterocycles. The zero-order valence-electron chi connectivity index (χ0n) is 23.2. The molecule has 12 nitrogen and oxygen atoms in total. The summed E-state index contributed by atoms with van der Waals surface area (Å²) in [5.41, 5.74) is 0. The van der Waals surface area contributed by atoms with E-state index in [-0.39, 0.29) is 30.0 Å². The van der Waals surface area contributed by atoms with Crippen LogP contribution in [0.15, 0.2) is 52.5 Å². The number of nitrogens with one attached hydrogen (secondary N) is 2. The number of likely N-dealkylation sites (tertiary alicyclic amines) is 1. The van der Waals surface area contributed by atoms with Gasteiger partial charge in [-0.3, -0.25) is 14.4 Å². The Bertz CT molecular complexity index is 1380. The second-order valence-corrected chi connectivity index (χ2v) is 12.2. The van der Waals surface area contributed by atoms with Gasteiger partial charge in [0.1, 0.15) is 18.9 Å². The van der Waals surface area contributed by atoms with Crippen molar-refractivity contribution in [2.24, 2.45) is 16.9 Å². The summed E-state index contributed by atoms with van der Waals surface area (Å²) in [6.07, 6.45) is 4.35. The molecular formula is C28H38N6O6S. The molecule has 1 aliphatic carbocycles. The smallest absolute Gasteiger partial charge is 0.325 e. The van der Waals surface area contributed by atoms with Crippen LogP contribution in [0.25, 0.3) is 10.8 Å². The fraction of sp³-hybridized carbons (Fsp3) is 0.500. The minimum Gasteiger partial charge on any atom is -0.465 e. The molecule has 4 rings (SSSR count). The SMILES string of the molecule is CCOC(=O)CN(C(=O)[C@@H](CC(=O)NC[C@H]1CCCN(C=NN)C1)NS(=O)(=O)c1ccc2ccccc2c1)C1CC1. The lowest BCUT2D eigenvalue weighted by molar-refractivity contribution is -0.150. The molecule has 222 valence electrons. The van der Waals surface area contributed by atoms with Crippen molar-refractivity contribution in [2.45, 2.75) is 56.0 Å². The van der Waals surface area contributed by atoms with Gasteiger partial charge in [0.05, 0.1) is 17.9 Å². The van der Waals surface area contributed by atoms with Crippen LogP contribution >= 0.6 is 0 Å². The van der Waals surface area contributed by atoms with Crippen molar-refractivity contribution >= 4 is 44.9 Å². The number of hydrogen-bond donors (Lipinski definition) is 3. The second kappa shape index (κ2) is 13.8. The highest BCUT2D eigenvalue weighted by Gasteiger charge is 2.39. The molecule has 0 unspecified atom stereocenters. The Morgan fingerprint density at radius 2 is 1.93 bits per heavy atom. The number of nitrogens with two attached hydrogens (primary N) is 1. The van der Waals surface area contributed by atoms with Crippen LogP contribution in [-0.2, 0) is 29.1 Å². The van der Waals surface area contributed by atoms with Gasteiger partial charge in [0, 0.05) is 25.7 Å². The van der Waals surface area contributed by atoms with E-state index < -0.39 is 40.3 Å². The van der Waals surface area contributed by atoms with Gasteiger partial charge in [0.15, 0.2) is 0 Å². The summed E-state index contributed by atoms with van der Waals surface area (Å²) in [6, 6.07) is 10.4. The fourth-order valence-electron chi connectivity index (χ4n) is 5.07. The van der Waals surface area contributed by atoms with Crippen LogP contribution in [0.3, 0.4) is 0 Å². The Labute approximate surface area is 240 Å². The zero-order valence-corrected chi connectivity index (χ0v) is 24.0. The average Bonchev–Trinajstić information content (AvgIpc) is 3.80. The zero-order chi connectivity index (χ0) is 29.4. The first kappa shape index (κ1) is 30.3. The molecule has 1 saturated heterocycles. The van der Waals surface area contributed by atoms with Crippen LogP contribution in [0, 0.1) is 5.92 Å². The van der Waals surface area contributed by atoms with Gasteiger partial charge in [-0.1, -0.05) is 30.3 Å². The molecule has 0 aromatic heterocycles. The van der Waals surface area contributed by atoms with Crippen LogP contribution in [0.5, 0.6) is 0 Å². The molecule has 2 aliphatic rings. The highest BCUT2D eigenvalue weighted by molar-refractivity contribution is 7.89. The summed E-state index contributed by atoms with van der Waals surface area (Å²) in [5, 5.41) is 8.01. The molecule has 1 heterocycles. The molecule has 1 saturated carbocycles. The van der Waals surface area contributed by atoms with Crippen molar-refractivity contribution in [1.82, 2.24) is 19.8 Å². The number of ether oxygens (including phenoxy) is 1. The lowest BCUT2D eigenvalue weighted by atomic mass is 9.98. The summed E-state index contributed by atoms with van der Waals surface area (Å²) >= 11 is 0. The number of piperidine rings is 1. The molecule has 2 amide bonds. The molecule has 41 heavy (non-hydrogen) atoms. The van der Waals surface area contributed by atoms with Gasteiger partial charge in [0.2, 0.25) is 21.8 Å². The number of benzene rings is 2. The predicted octanol–water partition coefficient (Wildman–Crippen LogP) is 1.16. The molecule has 2 fully saturated rings. The van der Waals surface area contributed by atoms with E-state index in [1.54, 1.807) is 31.5 Å². The number of sulfonamides is 1. The third-order valence-corrected chi connectivity index (χ3v) is 8.73. The first-order chi connectivity index (χ1) is 19.7. The van der Waals surface area contributed by atoms with Gasteiger partial charge >= 0.3 is 5.97 Å². The van der Waals surface area contributed by atoms with E-state index in [4.69, 9.17) is 10.6 Å². The lowest BCUT2D eigenvalue weighted by Gasteiger charge is -2.31. The van der Waals surface area contributed by atoms with E-state index in [0.717, 1.165) is 30.2 Å². The minimum absolute atomic E-state index is 0.0263. The standard InChI is InChI=1S/C28H38N6O6S/c1-2-40-27(36)18-34(23-10-11-23)28(37)25(15-26(35)30-16-20-6-5-13-33(17-20)19-31-29)32-41(38,39)24-12-9-21-7-3-4-8-22(21)14-24/h3-4,7-9,12,14,19-20,23,25,32H,2,5-6,10-11,13,15-18,29H2,1H3,(H,30,35)/t20-,25-/m1/s1. The number of esters is 1. The molecule has 0 spiro atoms. The summed E-state index contributed by atoms with van der Waals surface area (Å²) in [4.78, 5) is 42.3. The first-order valence-electron chi connectivity index (χ1n) is 13.9. The molecule has 4 N–H and O–H groups in total. The maximum Gasteiger partial charge on any atom is 0.325 e. The number of fused-ring (bicyclic) bond motifs is 1. The van der Waals surface area contributed by atoms with E-state index in [0.29, 0.717) is 25.9 Å². The van der Waals surface area contributed by atoms with Gasteiger partial charge in [-0.25, -0.2) is 8.42 Å². The van der Waals surface area contributed by atoms with E-state index in [9.17, 15) is 22.8 Å². The fourth-order valence-corrected chi connectivity index (χ4v) is 6.29. The van der Waals surface area contributed by atoms with Gasteiger partial charge in [-0.05, 0) is 61.4 Å². The summed E-state index contributed by atoms with van der Waals surface area (Å²) in [5.74, 6) is 3.72. The Morgan fingerprint density at radius 3 is 2.63 bits per heavy atom. The lowest BCUT2D eigenvalue weighted by Crippen LogP contribution is -2.52. The quantitative estimate of drug-likeness (QED) is 0.104. The number of carbonyl (C=O) groups excluding carboxylic acids is 3. The molecule has 2 aromatic rings. The van der Waals surface area contributed by atoms with Crippen molar-refractivity contribution in [3.05, 3.63) is 42.5 Å². The second-order valence-electron chi connectivity index (χ2n) is 10.5. The van der Waals surface area contributed by atoms with E-state index in [2.05, 4.69) is 15.1 Å². The van der Waals surface area contributed by atoms with E-state index in [1.807, 2.05) is 17.0 Å². The van der Waals surface area contributed by atoms with Crippen LogP contribution in [0.2, 0.25) is 0 Å². The van der Waals surface area contributed by atoms with Crippen molar-refractivity contribution in [1.29, 1.82) is 0 Å². The maximum atomic E-state index is 13.7. The van der Waals surface area contributed by atoms with Crippen molar-refractivity contribution in [2.75, 3.05) is 32.8 Å². The van der Waals surface area contributed by atoms with Crippen LogP contribution < -0.4 is 15.9 Å². The Balaban J connectivity index is 1.51. The van der Waals surface area contributed by atoms with Gasteiger partial charge in [0.25, 0.3) is 0 Å². The molecule has 2 atom stereocenters. The average molecular weight is 587 g/mol. The first-order valence-corrected chi connectivity index (χ1v) is 15.4. The highest BCUT2D eigenvalue weighted by Crippen LogP contribution is 2.28. The van der Waals surface area contributed by atoms with Crippen LogP contribution in [0.1, 0.15) is 39.0 Å². The van der Waals surface area contributed by atoms with E-state index >= 15 is 0 Å².